The number of carbonyl (C=O) groups excluding carboxylic acids is 1. The maximum absolute atomic E-state index is 12.9. The van der Waals surface area contributed by atoms with Gasteiger partial charge < -0.3 is 14.0 Å². The smallest absolute Gasteiger partial charge is 0.214 e. The van der Waals surface area contributed by atoms with Crippen LogP contribution in [-0.2, 0) is 4.74 Å². The van der Waals surface area contributed by atoms with Gasteiger partial charge >= 0.3 is 0 Å². The predicted octanol–water partition coefficient (Wildman–Crippen LogP) is 3.27. The van der Waals surface area contributed by atoms with Crippen molar-refractivity contribution in [2.75, 3.05) is 26.6 Å². The number of hydrogen-bond donors (Lipinski definition) is 0. The summed E-state index contributed by atoms with van der Waals surface area (Å²) in [7, 11) is 3.30. The molecule has 0 radical (unpaired) electrons. The fourth-order valence-electron chi connectivity index (χ4n) is 3.42. The Balaban J connectivity index is 1.74. The number of rotatable bonds is 9. The Morgan fingerprint density at radius 3 is 2.59 bits per heavy atom. The van der Waals surface area contributed by atoms with Crippen molar-refractivity contribution >= 4 is 17.5 Å². The zero-order valence-corrected chi connectivity index (χ0v) is 18.1. The predicted molar refractivity (Wildman–Crippen MR) is 111 cm³/mol. The minimum atomic E-state index is 0.0447. The number of carbonyl (C=O) groups is 1. The lowest BCUT2D eigenvalue weighted by molar-refractivity contribution is 0.102. The van der Waals surface area contributed by atoms with Crippen LogP contribution in [0.15, 0.2) is 35.5 Å². The second-order valence-electron chi connectivity index (χ2n) is 6.74. The summed E-state index contributed by atoms with van der Waals surface area (Å²) in [5, 5.41) is 12.4. The molecular weight excluding hydrogens is 390 g/mol. The van der Waals surface area contributed by atoms with Gasteiger partial charge in [0.2, 0.25) is 5.16 Å². The highest BCUT2D eigenvalue weighted by Crippen LogP contribution is 2.25. The molecule has 1 atom stereocenters. The number of hydrogen-bond acceptors (Lipinski definition) is 7. The van der Waals surface area contributed by atoms with E-state index in [1.165, 1.54) is 11.8 Å². The number of Topliss-reactive ketones (excluding diaryl/α,β-unsaturated/α-hetero) is 1. The number of benzene rings is 1. The number of tetrazole rings is 1. The standard InChI is InChI=1S/C20H25N5O3S/c1-13-10-18(15(3)24(13)14(2)11-27-4)19(26)12-29-20-21-22-23-25(20)16-6-8-17(28-5)9-7-16/h6-10,14H,11-12H2,1-5H3/t14-/m0/s1. The van der Waals surface area contributed by atoms with E-state index in [1.807, 2.05) is 44.2 Å². The molecule has 0 aliphatic heterocycles. The van der Waals surface area contributed by atoms with Crippen LogP contribution in [0.5, 0.6) is 5.75 Å². The minimum absolute atomic E-state index is 0.0447. The topological polar surface area (TPSA) is 84.1 Å². The molecule has 0 amide bonds. The van der Waals surface area contributed by atoms with Crippen LogP contribution in [0.1, 0.15) is 34.7 Å². The number of thioether (sulfide) groups is 1. The zero-order valence-electron chi connectivity index (χ0n) is 17.2. The van der Waals surface area contributed by atoms with Gasteiger partial charge in [0, 0.05) is 24.1 Å². The summed E-state index contributed by atoms with van der Waals surface area (Å²) in [6, 6.07) is 9.52. The van der Waals surface area contributed by atoms with E-state index in [-0.39, 0.29) is 17.6 Å². The largest absolute Gasteiger partial charge is 0.497 e. The van der Waals surface area contributed by atoms with Crippen molar-refractivity contribution in [3.8, 4) is 11.4 Å². The van der Waals surface area contributed by atoms with Gasteiger partial charge in [0.1, 0.15) is 5.75 Å². The van der Waals surface area contributed by atoms with E-state index in [0.29, 0.717) is 11.8 Å². The van der Waals surface area contributed by atoms with Gasteiger partial charge in [-0.25, -0.2) is 0 Å². The van der Waals surface area contributed by atoms with Crippen LogP contribution in [0.2, 0.25) is 0 Å². The first-order valence-corrected chi connectivity index (χ1v) is 10.2. The molecule has 0 saturated carbocycles. The molecule has 0 spiro atoms. The third-order valence-electron chi connectivity index (χ3n) is 4.72. The Kier molecular flexibility index (Phi) is 6.71. The summed E-state index contributed by atoms with van der Waals surface area (Å²) in [5.74, 6) is 1.05. The molecule has 0 bridgehead atoms. The van der Waals surface area contributed by atoms with E-state index in [2.05, 4.69) is 27.0 Å². The third-order valence-corrected chi connectivity index (χ3v) is 5.64. The third kappa shape index (κ3) is 4.51. The van der Waals surface area contributed by atoms with Crippen LogP contribution in [-0.4, -0.2) is 57.1 Å². The van der Waals surface area contributed by atoms with Crippen LogP contribution in [0.4, 0.5) is 0 Å². The Bertz CT molecular complexity index is 981. The zero-order chi connectivity index (χ0) is 21.0. The van der Waals surface area contributed by atoms with Gasteiger partial charge in [-0.05, 0) is 61.5 Å². The van der Waals surface area contributed by atoms with E-state index in [0.717, 1.165) is 28.4 Å². The lowest BCUT2D eigenvalue weighted by Crippen LogP contribution is -2.14. The van der Waals surface area contributed by atoms with E-state index >= 15 is 0 Å². The summed E-state index contributed by atoms with van der Waals surface area (Å²) in [6.45, 7) is 6.65. The molecule has 1 aromatic carbocycles. The second kappa shape index (κ2) is 9.23. The van der Waals surface area contributed by atoms with Crippen molar-refractivity contribution in [3.63, 3.8) is 0 Å². The van der Waals surface area contributed by atoms with Crippen molar-refractivity contribution < 1.29 is 14.3 Å². The summed E-state index contributed by atoms with van der Waals surface area (Å²) >= 11 is 1.32. The van der Waals surface area contributed by atoms with Crippen LogP contribution >= 0.6 is 11.8 Å². The van der Waals surface area contributed by atoms with Gasteiger partial charge in [-0.15, -0.1) is 5.10 Å². The monoisotopic (exact) mass is 415 g/mol. The molecule has 0 fully saturated rings. The molecule has 2 heterocycles. The summed E-state index contributed by atoms with van der Waals surface area (Å²) in [4.78, 5) is 12.9. The highest BCUT2D eigenvalue weighted by molar-refractivity contribution is 7.99. The SMILES string of the molecule is COC[C@H](C)n1c(C)cc(C(=O)CSc2nnnn2-c2ccc(OC)cc2)c1C. The van der Waals surface area contributed by atoms with Crippen LogP contribution in [0, 0.1) is 13.8 Å². The summed E-state index contributed by atoms with van der Waals surface area (Å²) in [6.07, 6.45) is 0. The van der Waals surface area contributed by atoms with Crippen LogP contribution in [0.25, 0.3) is 5.69 Å². The molecule has 29 heavy (non-hydrogen) atoms. The molecule has 3 aromatic rings. The number of methoxy groups -OCH3 is 2. The highest BCUT2D eigenvalue weighted by Gasteiger charge is 2.20. The number of nitrogens with zero attached hydrogens (tertiary/aromatic N) is 5. The molecule has 154 valence electrons. The van der Waals surface area contributed by atoms with Gasteiger partial charge in [-0.1, -0.05) is 11.8 Å². The molecule has 0 saturated heterocycles. The molecule has 0 N–H and O–H groups in total. The number of aryl methyl sites for hydroxylation is 1. The van der Waals surface area contributed by atoms with Crippen molar-refractivity contribution in [3.05, 3.63) is 47.3 Å². The second-order valence-corrected chi connectivity index (χ2v) is 7.68. The quantitative estimate of drug-likeness (QED) is 0.392. The first-order valence-electron chi connectivity index (χ1n) is 9.22. The summed E-state index contributed by atoms with van der Waals surface area (Å²) < 4.78 is 14.2. The van der Waals surface area contributed by atoms with Gasteiger partial charge in [0.05, 0.1) is 31.2 Å². The molecule has 2 aromatic heterocycles. The fourth-order valence-corrected chi connectivity index (χ4v) is 4.19. The van der Waals surface area contributed by atoms with E-state index in [1.54, 1.807) is 18.9 Å². The lowest BCUT2D eigenvalue weighted by Gasteiger charge is -2.17. The molecule has 0 unspecified atom stereocenters. The minimum Gasteiger partial charge on any atom is -0.497 e. The van der Waals surface area contributed by atoms with Crippen molar-refractivity contribution in [2.45, 2.75) is 32.0 Å². The van der Waals surface area contributed by atoms with E-state index in [4.69, 9.17) is 9.47 Å². The van der Waals surface area contributed by atoms with E-state index < -0.39 is 0 Å². The number of aromatic nitrogens is 5. The Labute approximate surface area is 174 Å². The first kappa shape index (κ1) is 21.1. The number of ketones is 1. The van der Waals surface area contributed by atoms with Gasteiger partial charge in [-0.3, -0.25) is 4.79 Å². The average molecular weight is 416 g/mol. The Morgan fingerprint density at radius 1 is 1.21 bits per heavy atom. The molecule has 0 aliphatic rings. The molecular formula is C20H25N5O3S. The van der Waals surface area contributed by atoms with Gasteiger partial charge in [-0.2, -0.15) is 4.68 Å². The Morgan fingerprint density at radius 2 is 1.93 bits per heavy atom. The summed E-state index contributed by atoms with van der Waals surface area (Å²) in [5.41, 5.74) is 3.52. The Hall–Kier alpha value is -2.65. The molecule has 8 nitrogen and oxygen atoms in total. The first-order chi connectivity index (χ1) is 14.0. The fraction of sp³-hybridized carbons (Fsp3) is 0.400. The van der Waals surface area contributed by atoms with Crippen molar-refractivity contribution in [1.82, 2.24) is 24.8 Å². The van der Waals surface area contributed by atoms with Crippen molar-refractivity contribution in [2.24, 2.45) is 0 Å². The maximum atomic E-state index is 12.9. The lowest BCUT2D eigenvalue weighted by atomic mass is 10.2. The molecule has 9 heteroatoms. The molecule has 3 rings (SSSR count). The van der Waals surface area contributed by atoms with Crippen LogP contribution < -0.4 is 4.74 Å². The van der Waals surface area contributed by atoms with Gasteiger partial charge in [0.15, 0.2) is 5.78 Å². The average Bonchev–Trinajstić information content (AvgIpc) is 3.30. The van der Waals surface area contributed by atoms with Crippen molar-refractivity contribution in [1.29, 1.82) is 0 Å². The number of ether oxygens (including phenoxy) is 2. The highest BCUT2D eigenvalue weighted by atomic mass is 32.2. The van der Waals surface area contributed by atoms with Crippen LogP contribution in [0.3, 0.4) is 0 Å². The van der Waals surface area contributed by atoms with Gasteiger partial charge in [0.25, 0.3) is 0 Å². The molecule has 0 aliphatic carbocycles. The maximum Gasteiger partial charge on any atom is 0.214 e. The van der Waals surface area contributed by atoms with E-state index in [9.17, 15) is 4.79 Å². The normalized spacial score (nSPS) is 12.2.